The van der Waals surface area contributed by atoms with Gasteiger partial charge >= 0.3 is 0 Å². The number of amides is 1. The van der Waals surface area contributed by atoms with Crippen LogP contribution in [0.25, 0.3) is 0 Å². The second kappa shape index (κ2) is 9.34. The lowest BCUT2D eigenvalue weighted by Crippen LogP contribution is -2.21. The maximum atomic E-state index is 12.5. The third-order valence-electron chi connectivity index (χ3n) is 4.68. The van der Waals surface area contributed by atoms with E-state index < -0.39 is 0 Å². The zero-order valence-corrected chi connectivity index (χ0v) is 17.5. The number of nitrogens with one attached hydrogen (secondary N) is 2. The lowest BCUT2D eigenvalue weighted by Gasteiger charge is -2.22. The molecule has 1 aromatic heterocycles. The van der Waals surface area contributed by atoms with Crippen LogP contribution in [0, 0.1) is 0 Å². The highest BCUT2D eigenvalue weighted by molar-refractivity contribution is 7.16. The van der Waals surface area contributed by atoms with E-state index in [0.717, 1.165) is 12.8 Å². The largest absolute Gasteiger partial charge is 0.495 e. The molecule has 1 amide bonds. The van der Waals surface area contributed by atoms with Gasteiger partial charge < -0.3 is 25.2 Å². The van der Waals surface area contributed by atoms with E-state index in [4.69, 9.17) is 21.1 Å². The smallest absolute Gasteiger partial charge is 0.229 e. The summed E-state index contributed by atoms with van der Waals surface area (Å²) < 4.78 is 10.4. The lowest BCUT2D eigenvalue weighted by atomic mass is 9.96. The van der Waals surface area contributed by atoms with E-state index in [9.17, 15) is 9.90 Å². The van der Waals surface area contributed by atoms with Crippen LogP contribution in [-0.2, 0) is 11.2 Å². The maximum absolute atomic E-state index is 12.5. The molecule has 0 unspecified atom stereocenters. The molecule has 0 aliphatic heterocycles. The molecule has 3 rings (SSSR count). The first-order valence-electron chi connectivity index (χ1n) is 9.16. The topological polar surface area (TPSA) is 92.7 Å². The highest BCUT2D eigenvalue weighted by Gasteiger charge is 2.19. The molecule has 1 aromatic carbocycles. The number of carbonyl (C=O) groups is 1. The number of hydrogen-bond acceptors (Lipinski definition) is 7. The molecule has 1 aliphatic rings. The number of carbonyl (C=O) groups excluding carboxylic acids is 1. The summed E-state index contributed by atoms with van der Waals surface area (Å²) in [6, 6.07) is 3.56. The fourth-order valence-electron chi connectivity index (χ4n) is 3.24. The Kier molecular flexibility index (Phi) is 6.85. The van der Waals surface area contributed by atoms with Crippen molar-refractivity contribution < 1.29 is 19.4 Å². The Morgan fingerprint density at radius 2 is 1.96 bits per heavy atom. The van der Waals surface area contributed by atoms with Gasteiger partial charge in [0.25, 0.3) is 0 Å². The summed E-state index contributed by atoms with van der Waals surface area (Å²) in [5.74, 6) is 0.439. The number of nitrogens with zero attached hydrogens (tertiary/aromatic N) is 1. The molecule has 2 aromatic rings. The van der Waals surface area contributed by atoms with Crippen LogP contribution in [0.4, 0.5) is 10.8 Å². The van der Waals surface area contributed by atoms with Crippen molar-refractivity contribution in [1.29, 1.82) is 0 Å². The third-order valence-corrected chi connectivity index (χ3v) is 5.95. The van der Waals surface area contributed by atoms with Gasteiger partial charge in [0.05, 0.1) is 36.2 Å². The van der Waals surface area contributed by atoms with Crippen molar-refractivity contribution in [3.63, 3.8) is 0 Å². The highest BCUT2D eigenvalue weighted by Crippen LogP contribution is 2.36. The standard InChI is InChI=1S/C19H24ClN3O4S/c1-26-14-9-13(15(27-2)8-12(14)20)22-17(24)10-16-18(25)23-19(28-16)21-11-6-4-3-5-7-11/h8-9,11,25H,3-7,10H2,1-2H3,(H,21,23)(H,22,24). The van der Waals surface area contributed by atoms with E-state index in [1.165, 1.54) is 44.8 Å². The Morgan fingerprint density at radius 3 is 2.64 bits per heavy atom. The van der Waals surface area contributed by atoms with Gasteiger partial charge in [0.15, 0.2) is 5.13 Å². The first-order chi connectivity index (χ1) is 13.5. The summed E-state index contributed by atoms with van der Waals surface area (Å²) in [7, 11) is 2.99. The number of ether oxygens (including phenoxy) is 2. The summed E-state index contributed by atoms with van der Waals surface area (Å²) in [6.07, 6.45) is 5.89. The second-order valence-electron chi connectivity index (χ2n) is 6.66. The fraction of sp³-hybridized carbons (Fsp3) is 0.474. The van der Waals surface area contributed by atoms with Crippen molar-refractivity contribution in [2.75, 3.05) is 24.9 Å². The van der Waals surface area contributed by atoms with Crippen molar-refractivity contribution in [2.45, 2.75) is 44.6 Å². The van der Waals surface area contributed by atoms with E-state index in [1.54, 1.807) is 12.1 Å². The third kappa shape index (κ3) is 4.99. The van der Waals surface area contributed by atoms with E-state index in [-0.39, 0.29) is 18.2 Å². The van der Waals surface area contributed by atoms with E-state index in [2.05, 4.69) is 15.6 Å². The van der Waals surface area contributed by atoms with Gasteiger partial charge in [-0.2, -0.15) is 4.98 Å². The first kappa shape index (κ1) is 20.5. The number of halogens is 1. The predicted octanol–water partition coefficient (Wildman–Crippen LogP) is 4.45. The summed E-state index contributed by atoms with van der Waals surface area (Å²) in [5, 5.41) is 17.3. The molecule has 1 aliphatic carbocycles. The van der Waals surface area contributed by atoms with Crippen LogP contribution in [0.2, 0.25) is 5.02 Å². The quantitative estimate of drug-likeness (QED) is 0.607. The molecule has 0 spiro atoms. The SMILES string of the molecule is COc1cc(NC(=O)Cc2sc(NC3CCCCC3)nc2O)c(OC)cc1Cl. The molecule has 28 heavy (non-hydrogen) atoms. The molecule has 9 heteroatoms. The van der Waals surface area contributed by atoms with Crippen molar-refractivity contribution >= 4 is 39.7 Å². The fourth-order valence-corrected chi connectivity index (χ4v) is 4.40. The molecule has 7 nitrogen and oxygen atoms in total. The number of aromatic hydroxyl groups is 1. The molecule has 152 valence electrons. The van der Waals surface area contributed by atoms with E-state index >= 15 is 0 Å². The number of thiazole rings is 1. The van der Waals surface area contributed by atoms with Gasteiger partial charge in [0.2, 0.25) is 11.8 Å². The zero-order valence-electron chi connectivity index (χ0n) is 15.9. The first-order valence-corrected chi connectivity index (χ1v) is 10.4. The molecular weight excluding hydrogens is 402 g/mol. The van der Waals surface area contributed by atoms with Crippen LogP contribution < -0.4 is 20.1 Å². The molecule has 0 saturated heterocycles. The monoisotopic (exact) mass is 425 g/mol. The average molecular weight is 426 g/mol. The summed E-state index contributed by atoms with van der Waals surface area (Å²) in [6.45, 7) is 0. The Bertz CT molecular complexity index is 837. The van der Waals surface area contributed by atoms with Crippen LogP contribution in [0.5, 0.6) is 17.4 Å². The lowest BCUT2D eigenvalue weighted by molar-refractivity contribution is -0.115. The number of benzene rings is 1. The van der Waals surface area contributed by atoms with Gasteiger partial charge in [-0.25, -0.2) is 0 Å². The second-order valence-corrected chi connectivity index (χ2v) is 8.15. The van der Waals surface area contributed by atoms with Crippen molar-refractivity contribution in [3.8, 4) is 17.4 Å². The van der Waals surface area contributed by atoms with Crippen molar-refractivity contribution in [2.24, 2.45) is 0 Å². The van der Waals surface area contributed by atoms with Gasteiger partial charge in [-0.15, -0.1) is 0 Å². The number of anilines is 2. The molecule has 0 bridgehead atoms. The minimum atomic E-state index is -0.300. The maximum Gasteiger partial charge on any atom is 0.229 e. The summed E-state index contributed by atoms with van der Waals surface area (Å²) in [5.41, 5.74) is 0.443. The highest BCUT2D eigenvalue weighted by atomic mass is 35.5. The van der Waals surface area contributed by atoms with Gasteiger partial charge in [0.1, 0.15) is 11.5 Å². The predicted molar refractivity (Wildman–Crippen MR) is 111 cm³/mol. The summed E-state index contributed by atoms with van der Waals surface area (Å²) in [4.78, 5) is 17.2. The molecule has 1 saturated carbocycles. The van der Waals surface area contributed by atoms with Crippen molar-refractivity contribution in [1.82, 2.24) is 4.98 Å². The molecular formula is C19H24ClN3O4S. The van der Waals surface area contributed by atoms with E-state index in [1.807, 2.05) is 0 Å². The Morgan fingerprint density at radius 1 is 1.25 bits per heavy atom. The number of aromatic nitrogens is 1. The minimum absolute atomic E-state index is 0.00391. The van der Waals surface area contributed by atoms with E-state index in [0.29, 0.717) is 38.3 Å². The molecule has 1 heterocycles. The number of rotatable bonds is 7. The van der Waals surface area contributed by atoms with Crippen LogP contribution in [0.15, 0.2) is 12.1 Å². The molecule has 0 atom stereocenters. The minimum Gasteiger partial charge on any atom is -0.495 e. The zero-order chi connectivity index (χ0) is 20.1. The number of methoxy groups -OCH3 is 2. The van der Waals surface area contributed by atoms with Crippen LogP contribution in [0.3, 0.4) is 0 Å². The van der Waals surface area contributed by atoms with Gasteiger partial charge in [-0.1, -0.05) is 42.2 Å². The summed E-state index contributed by atoms with van der Waals surface area (Å²) >= 11 is 7.39. The number of hydrogen-bond donors (Lipinski definition) is 3. The molecule has 3 N–H and O–H groups in total. The van der Waals surface area contributed by atoms with Gasteiger partial charge in [-0.05, 0) is 12.8 Å². The Balaban J connectivity index is 1.66. The van der Waals surface area contributed by atoms with Crippen LogP contribution in [-0.4, -0.2) is 36.3 Å². The Labute approximate surface area is 173 Å². The average Bonchev–Trinajstić information content (AvgIpc) is 3.02. The van der Waals surface area contributed by atoms with Gasteiger partial charge in [-0.3, -0.25) is 4.79 Å². The normalized spacial score (nSPS) is 14.5. The van der Waals surface area contributed by atoms with Crippen molar-refractivity contribution in [3.05, 3.63) is 22.0 Å². The Hall–Kier alpha value is -2.19. The van der Waals surface area contributed by atoms with Crippen LogP contribution in [0.1, 0.15) is 37.0 Å². The van der Waals surface area contributed by atoms with Crippen LogP contribution >= 0.6 is 22.9 Å². The molecule has 1 fully saturated rings. The van der Waals surface area contributed by atoms with Gasteiger partial charge in [0, 0.05) is 18.2 Å². The molecule has 0 radical (unpaired) electrons.